The molecule has 1 aliphatic rings. The van der Waals surface area contributed by atoms with Gasteiger partial charge in [0.25, 0.3) is 0 Å². The molecule has 0 amide bonds. The Hall–Kier alpha value is -0.570. The predicted octanol–water partition coefficient (Wildman–Crippen LogP) is 0.727. The molecule has 0 aliphatic carbocycles. The number of sulfonamides is 1. The first kappa shape index (κ1) is 14.8. The van der Waals surface area contributed by atoms with Crippen molar-refractivity contribution in [2.24, 2.45) is 0 Å². The van der Waals surface area contributed by atoms with E-state index in [9.17, 15) is 13.5 Å². The van der Waals surface area contributed by atoms with Gasteiger partial charge in [-0.1, -0.05) is 0 Å². The molecule has 1 fully saturated rings. The molecule has 2 N–H and O–H groups in total. The fourth-order valence-corrected chi connectivity index (χ4v) is 5.46. The van der Waals surface area contributed by atoms with Crippen LogP contribution < -0.4 is 0 Å². The normalized spacial score (nSPS) is 20.6. The van der Waals surface area contributed by atoms with Crippen molar-refractivity contribution in [1.29, 1.82) is 0 Å². The summed E-state index contributed by atoms with van der Waals surface area (Å²) in [5.41, 5.74) is 0.661. The number of aliphatic hydroxyl groups is 1. The number of nitrogens with zero attached hydrogens (tertiary/aromatic N) is 2. The van der Waals surface area contributed by atoms with E-state index in [1.807, 2.05) is 13.8 Å². The highest BCUT2D eigenvalue weighted by molar-refractivity contribution is 8.00. The summed E-state index contributed by atoms with van der Waals surface area (Å²) in [6.07, 6.45) is 0. The van der Waals surface area contributed by atoms with Crippen molar-refractivity contribution in [3.8, 4) is 0 Å². The van der Waals surface area contributed by atoms with E-state index in [0.717, 1.165) is 5.75 Å². The number of aryl methyl sites for hydroxylation is 1. The van der Waals surface area contributed by atoms with Crippen LogP contribution in [0.1, 0.15) is 25.2 Å². The molecule has 0 unspecified atom stereocenters. The van der Waals surface area contributed by atoms with E-state index in [0.29, 0.717) is 18.8 Å². The van der Waals surface area contributed by atoms with Crippen LogP contribution >= 0.6 is 11.8 Å². The van der Waals surface area contributed by atoms with E-state index in [2.05, 4.69) is 10.2 Å². The molecule has 6 nitrogen and oxygen atoms in total. The fraction of sp³-hybridized carbons (Fsp3) is 0.727. The summed E-state index contributed by atoms with van der Waals surface area (Å²) in [5, 5.41) is 15.7. The van der Waals surface area contributed by atoms with Crippen LogP contribution in [0.25, 0.3) is 0 Å². The molecule has 1 aromatic rings. The highest BCUT2D eigenvalue weighted by atomic mass is 32.2. The maximum atomic E-state index is 12.7. The van der Waals surface area contributed by atoms with Gasteiger partial charge in [0.2, 0.25) is 10.0 Å². The minimum Gasteiger partial charge on any atom is -0.390 e. The number of thioether (sulfide) groups is 1. The number of rotatable bonds is 3. The minimum atomic E-state index is -3.60. The molecule has 0 atom stereocenters. The van der Waals surface area contributed by atoms with Crippen molar-refractivity contribution in [1.82, 2.24) is 14.5 Å². The van der Waals surface area contributed by atoms with Crippen molar-refractivity contribution in [3.05, 3.63) is 11.4 Å². The van der Waals surface area contributed by atoms with Gasteiger partial charge in [0.05, 0.1) is 12.3 Å². The molecule has 8 heteroatoms. The molecule has 0 radical (unpaired) electrons. The zero-order valence-electron chi connectivity index (χ0n) is 11.3. The molecule has 0 spiro atoms. The van der Waals surface area contributed by atoms with E-state index < -0.39 is 10.0 Å². The summed E-state index contributed by atoms with van der Waals surface area (Å²) in [6.45, 7) is 6.30. The zero-order chi connectivity index (χ0) is 14.3. The molecule has 2 rings (SSSR count). The van der Waals surface area contributed by atoms with E-state index in [-0.39, 0.29) is 21.9 Å². The van der Waals surface area contributed by atoms with Gasteiger partial charge in [-0.05, 0) is 20.8 Å². The van der Waals surface area contributed by atoms with E-state index in [1.54, 1.807) is 18.7 Å². The summed E-state index contributed by atoms with van der Waals surface area (Å²) in [4.78, 5) is 0.123. The summed E-state index contributed by atoms with van der Waals surface area (Å²) >= 11 is 1.77. The van der Waals surface area contributed by atoms with Crippen LogP contribution in [0.2, 0.25) is 0 Å². The Morgan fingerprint density at radius 2 is 2.21 bits per heavy atom. The van der Waals surface area contributed by atoms with E-state index in [4.69, 9.17) is 0 Å². The third-order valence-electron chi connectivity index (χ3n) is 3.10. The summed E-state index contributed by atoms with van der Waals surface area (Å²) in [5.74, 6) is 0.775. The molecule has 19 heavy (non-hydrogen) atoms. The van der Waals surface area contributed by atoms with Gasteiger partial charge in [0, 0.05) is 23.6 Å². The number of hydrogen-bond donors (Lipinski definition) is 2. The smallest absolute Gasteiger partial charge is 0.246 e. The van der Waals surface area contributed by atoms with Crippen molar-refractivity contribution >= 4 is 21.8 Å². The molecule has 1 aliphatic heterocycles. The Bertz CT molecular complexity index is 566. The number of nitrogens with one attached hydrogen (secondary N) is 1. The van der Waals surface area contributed by atoms with Gasteiger partial charge in [-0.2, -0.15) is 21.2 Å². The Morgan fingerprint density at radius 3 is 2.79 bits per heavy atom. The zero-order valence-corrected chi connectivity index (χ0v) is 12.9. The van der Waals surface area contributed by atoms with Crippen LogP contribution in [0.15, 0.2) is 4.90 Å². The van der Waals surface area contributed by atoms with Crippen LogP contribution in [-0.4, -0.2) is 51.6 Å². The summed E-state index contributed by atoms with van der Waals surface area (Å²) < 4.78 is 26.8. The maximum Gasteiger partial charge on any atom is 0.246 e. The van der Waals surface area contributed by atoms with Crippen LogP contribution in [-0.2, 0) is 16.6 Å². The molecule has 0 saturated carbocycles. The van der Waals surface area contributed by atoms with E-state index >= 15 is 0 Å². The lowest BCUT2D eigenvalue weighted by atomic mass is 10.2. The lowest BCUT2D eigenvalue weighted by Gasteiger charge is -2.36. The van der Waals surface area contributed by atoms with Gasteiger partial charge in [0.1, 0.15) is 10.6 Å². The number of aromatic nitrogens is 2. The monoisotopic (exact) mass is 305 g/mol. The van der Waals surface area contributed by atoms with Gasteiger partial charge < -0.3 is 5.11 Å². The molecular formula is C11H19N3O3S2. The molecule has 108 valence electrons. The lowest BCUT2D eigenvalue weighted by molar-refractivity contribution is 0.273. The first-order valence-electron chi connectivity index (χ1n) is 6.07. The molecular weight excluding hydrogens is 286 g/mol. The quantitative estimate of drug-likeness (QED) is 0.859. The molecule has 1 saturated heterocycles. The number of H-pyrrole nitrogens is 1. The van der Waals surface area contributed by atoms with Crippen LogP contribution in [0.4, 0.5) is 0 Å². The van der Waals surface area contributed by atoms with Crippen molar-refractivity contribution in [2.45, 2.75) is 37.0 Å². The third kappa shape index (κ3) is 2.81. The van der Waals surface area contributed by atoms with Gasteiger partial charge in [0.15, 0.2) is 0 Å². The topological polar surface area (TPSA) is 86.3 Å². The second-order valence-electron chi connectivity index (χ2n) is 5.23. The first-order valence-corrected chi connectivity index (χ1v) is 8.49. The highest BCUT2D eigenvalue weighted by Crippen LogP contribution is 2.33. The van der Waals surface area contributed by atoms with E-state index in [1.165, 1.54) is 4.31 Å². The van der Waals surface area contributed by atoms with Crippen molar-refractivity contribution < 1.29 is 13.5 Å². The lowest BCUT2D eigenvalue weighted by Crippen LogP contribution is -2.46. The Morgan fingerprint density at radius 1 is 1.53 bits per heavy atom. The minimum absolute atomic E-state index is 0.0949. The Balaban J connectivity index is 2.39. The van der Waals surface area contributed by atoms with Gasteiger partial charge in [-0.15, -0.1) is 0 Å². The SMILES string of the molecule is Cc1[nH]nc(CO)c1S(=O)(=O)N1CCSC(C)(C)C1. The Labute approximate surface area is 117 Å². The van der Waals surface area contributed by atoms with Crippen LogP contribution in [0.3, 0.4) is 0 Å². The summed E-state index contributed by atoms with van der Waals surface area (Å²) in [6, 6.07) is 0. The largest absolute Gasteiger partial charge is 0.390 e. The fourth-order valence-electron chi connectivity index (χ4n) is 2.23. The molecule has 2 heterocycles. The molecule has 0 bridgehead atoms. The van der Waals surface area contributed by atoms with Crippen LogP contribution in [0.5, 0.6) is 0 Å². The second-order valence-corrected chi connectivity index (χ2v) is 8.91. The first-order chi connectivity index (χ1) is 8.78. The maximum absolute atomic E-state index is 12.7. The highest BCUT2D eigenvalue weighted by Gasteiger charge is 2.37. The Kier molecular flexibility index (Phi) is 3.97. The predicted molar refractivity (Wildman–Crippen MR) is 74.5 cm³/mol. The number of aromatic amines is 1. The number of aliphatic hydroxyl groups excluding tert-OH is 1. The molecule has 1 aromatic heterocycles. The second kappa shape index (κ2) is 5.08. The summed E-state index contributed by atoms with van der Waals surface area (Å²) in [7, 11) is -3.60. The standard InChI is InChI=1S/C11H19N3O3S2/c1-8-10(9(6-15)13-12-8)19(16,17)14-4-5-18-11(2,3)7-14/h15H,4-7H2,1-3H3,(H,12,13). The van der Waals surface area contributed by atoms with Crippen molar-refractivity contribution in [2.75, 3.05) is 18.8 Å². The average Bonchev–Trinajstić information content (AvgIpc) is 2.69. The average molecular weight is 305 g/mol. The van der Waals surface area contributed by atoms with Gasteiger partial charge in [-0.3, -0.25) is 5.10 Å². The van der Waals surface area contributed by atoms with Gasteiger partial charge >= 0.3 is 0 Å². The number of hydrogen-bond acceptors (Lipinski definition) is 5. The van der Waals surface area contributed by atoms with Crippen LogP contribution in [0, 0.1) is 6.92 Å². The van der Waals surface area contributed by atoms with Gasteiger partial charge in [-0.25, -0.2) is 8.42 Å². The molecule has 0 aromatic carbocycles. The van der Waals surface area contributed by atoms with Crippen molar-refractivity contribution in [3.63, 3.8) is 0 Å². The third-order valence-corrected chi connectivity index (χ3v) is 6.45.